The van der Waals surface area contributed by atoms with E-state index in [9.17, 15) is 18.0 Å². The first kappa shape index (κ1) is 13.5. The fraction of sp³-hybridized carbons (Fsp3) is 0.273. The van der Waals surface area contributed by atoms with Crippen molar-refractivity contribution in [2.75, 3.05) is 0 Å². The first-order valence-corrected chi connectivity index (χ1v) is 6.92. The van der Waals surface area contributed by atoms with Crippen LogP contribution in [0.4, 0.5) is 0 Å². The summed E-state index contributed by atoms with van der Waals surface area (Å²) < 4.78 is 31.5. The maximum Gasteiger partial charge on any atom is 0.326 e. The number of fused-ring (bicyclic) bond motifs is 1. The van der Waals surface area contributed by atoms with Crippen LogP contribution in [0.5, 0.6) is 0 Å². The van der Waals surface area contributed by atoms with Crippen LogP contribution in [0, 0.1) is 0 Å². The SMILES string of the molecule is CC(C)c1cc(S(=O)(=O)O)cc2c(=O)[nH]c(=O)[nH]c12. The highest BCUT2D eigenvalue weighted by molar-refractivity contribution is 7.85. The van der Waals surface area contributed by atoms with Gasteiger partial charge < -0.3 is 4.98 Å². The molecule has 0 aliphatic heterocycles. The molecule has 0 spiro atoms. The highest BCUT2D eigenvalue weighted by Gasteiger charge is 2.17. The lowest BCUT2D eigenvalue weighted by molar-refractivity contribution is 0.483. The van der Waals surface area contributed by atoms with Gasteiger partial charge in [0.2, 0.25) is 0 Å². The van der Waals surface area contributed by atoms with E-state index >= 15 is 0 Å². The molecule has 0 fully saturated rings. The fourth-order valence-corrected chi connectivity index (χ4v) is 2.42. The van der Waals surface area contributed by atoms with E-state index in [0.717, 1.165) is 6.07 Å². The third kappa shape index (κ3) is 2.45. The number of nitrogens with one attached hydrogen (secondary N) is 2. The van der Waals surface area contributed by atoms with E-state index in [1.54, 1.807) is 13.8 Å². The minimum absolute atomic E-state index is 0.0124. The van der Waals surface area contributed by atoms with E-state index in [4.69, 9.17) is 4.55 Å². The second kappa shape index (κ2) is 4.32. The predicted molar refractivity (Wildman–Crippen MR) is 69.1 cm³/mol. The van der Waals surface area contributed by atoms with Crippen molar-refractivity contribution in [2.24, 2.45) is 0 Å². The lowest BCUT2D eigenvalue weighted by atomic mass is 10.0. The van der Waals surface area contributed by atoms with E-state index in [1.165, 1.54) is 6.07 Å². The Morgan fingerprint density at radius 2 is 1.79 bits per heavy atom. The van der Waals surface area contributed by atoms with Gasteiger partial charge in [0.1, 0.15) is 0 Å². The summed E-state index contributed by atoms with van der Waals surface area (Å²) in [5, 5.41) is 0.0124. The van der Waals surface area contributed by atoms with Crippen molar-refractivity contribution in [2.45, 2.75) is 24.7 Å². The van der Waals surface area contributed by atoms with Gasteiger partial charge in [-0.05, 0) is 23.6 Å². The highest BCUT2D eigenvalue weighted by atomic mass is 32.2. The number of aromatic amines is 2. The first-order chi connectivity index (χ1) is 8.70. The van der Waals surface area contributed by atoms with Crippen molar-refractivity contribution in [1.29, 1.82) is 0 Å². The van der Waals surface area contributed by atoms with Crippen LogP contribution in [-0.4, -0.2) is 22.9 Å². The van der Waals surface area contributed by atoms with E-state index < -0.39 is 21.4 Å². The molecule has 1 aromatic heterocycles. The van der Waals surface area contributed by atoms with Gasteiger partial charge in [0.25, 0.3) is 15.7 Å². The maximum atomic E-state index is 11.7. The number of rotatable bonds is 2. The smallest absolute Gasteiger partial charge is 0.307 e. The van der Waals surface area contributed by atoms with Crippen LogP contribution in [0.1, 0.15) is 25.3 Å². The molecule has 0 aliphatic rings. The molecule has 0 unspecified atom stereocenters. The van der Waals surface area contributed by atoms with Crippen molar-refractivity contribution in [1.82, 2.24) is 9.97 Å². The van der Waals surface area contributed by atoms with Crippen LogP contribution in [-0.2, 0) is 10.1 Å². The number of H-pyrrole nitrogens is 2. The Labute approximate surface area is 108 Å². The molecule has 7 nitrogen and oxygen atoms in total. The van der Waals surface area contributed by atoms with Crippen LogP contribution >= 0.6 is 0 Å². The molecule has 102 valence electrons. The second-order valence-electron chi connectivity index (χ2n) is 4.47. The Bertz CT molecular complexity index is 861. The van der Waals surface area contributed by atoms with Crippen molar-refractivity contribution in [3.05, 3.63) is 38.5 Å². The fourth-order valence-electron chi connectivity index (χ4n) is 1.88. The van der Waals surface area contributed by atoms with Crippen molar-refractivity contribution < 1.29 is 13.0 Å². The minimum atomic E-state index is -4.42. The summed E-state index contributed by atoms with van der Waals surface area (Å²) in [6, 6.07) is 2.28. The highest BCUT2D eigenvalue weighted by Crippen LogP contribution is 2.25. The molecule has 0 saturated carbocycles. The van der Waals surface area contributed by atoms with E-state index in [2.05, 4.69) is 4.98 Å². The molecule has 0 atom stereocenters. The molecule has 3 N–H and O–H groups in total. The third-order valence-corrected chi connectivity index (χ3v) is 3.60. The molecule has 0 radical (unpaired) electrons. The van der Waals surface area contributed by atoms with Gasteiger partial charge >= 0.3 is 5.69 Å². The summed E-state index contributed by atoms with van der Waals surface area (Å²) in [6.45, 7) is 3.56. The lowest BCUT2D eigenvalue weighted by Crippen LogP contribution is -2.23. The first-order valence-electron chi connectivity index (χ1n) is 5.48. The van der Waals surface area contributed by atoms with Gasteiger partial charge in [-0.3, -0.25) is 14.3 Å². The second-order valence-corrected chi connectivity index (χ2v) is 5.89. The van der Waals surface area contributed by atoms with E-state index in [0.29, 0.717) is 5.56 Å². The zero-order valence-corrected chi connectivity index (χ0v) is 11.0. The maximum absolute atomic E-state index is 11.7. The molecule has 0 amide bonds. The zero-order valence-electron chi connectivity index (χ0n) is 10.2. The minimum Gasteiger partial charge on any atom is -0.307 e. The Balaban J connectivity index is 3.05. The molecule has 19 heavy (non-hydrogen) atoms. The molecule has 2 rings (SSSR count). The van der Waals surface area contributed by atoms with Gasteiger partial charge in [-0.25, -0.2) is 4.79 Å². The molecule has 2 aromatic rings. The molecule has 8 heteroatoms. The zero-order chi connectivity index (χ0) is 14.4. The average Bonchev–Trinajstić information content (AvgIpc) is 2.25. The summed E-state index contributed by atoms with van der Waals surface area (Å²) in [4.78, 5) is 27.1. The van der Waals surface area contributed by atoms with Crippen LogP contribution in [0.2, 0.25) is 0 Å². The standard InChI is InChI=1S/C11H12N2O5S/c1-5(2)7-3-6(19(16,17)18)4-8-9(7)12-11(15)13-10(8)14/h3-5H,1-2H3,(H,16,17,18)(H2,12,13,14,15). The Morgan fingerprint density at radius 3 is 2.32 bits per heavy atom. The van der Waals surface area contributed by atoms with Gasteiger partial charge in [0.15, 0.2) is 0 Å². The average molecular weight is 284 g/mol. The third-order valence-electron chi connectivity index (χ3n) is 2.77. The van der Waals surface area contributed by atoms with E-state index in [-0.39, 0.29) is 21.7 Å². The lowest BCUT2D eigenvalue weighted by Gasteiger charge is -2.10. The van der Waals surface area contributed by atoms with Crippen LogP contribution in [0.3, 0.4) is 0 Å². The van der Waals surface area contributed by atoms with Crippen LogP contribution in [0.15, 0.2) is 26.6 Å². The quantitative estimate of drug-likeness (QED) is 0.697. The monoisotopic (exact) mass is 284 g/mol. The van der Waals surface area contributed by atoms with Crippen molar-refractivity contribution in [3.8, 4) is 0 Å². The predicted octanol–water partition coefficient (Wildman–Crippen LogP) is 0.587. The van der Waals surface area contributed by atoms with Gasteiger partial charge in [-0.1, -0.05) is 13.8 Å². The van der Waals surface area contributed by atoms with Gasteiger partial charge in [-0.2, -0.15) is 8.42 Å². The van der Waals surface area contributed by atoms with Crippen LogP contribution < -0.4 is 11.2 Å². The Morgan fingerprint density at radius 1 is 1.16 bits per heavy atom. The number of hydrogen-bond donors (Lipinski definition) is 3. The molecule has 0 aliphatic carbocycles. The summed E-state index contributed by atoms with van der Waals surface area (Å²) >= 11 is 0. The summed E-state index contributed by atoms with van der Waals surface area (Å²) in [5.41, 5.74) is -0.630. The van der Waals surface area contributed by atoms with Crippen LogP contribution in [0.25, 0.3) is 10.9 Å². The molecule has 1 heterocycles. The van der Waals surface area contributed by atoms with Gasteiger partial charge in [0, 0.05) is 0 Å². The van der Waals surface area contributed by atoms with Gasteiger partial charge in [-0.15, -0.1) is 0 Å². The van der Waals surface area contributed by atoms with Crippen molar-refractivity contribution in [3.63, 3.8) is 0 Å². The molecule has 0 saturated heterocycles. The summed E-state index contributed by atoms with van der Waals surface area (Å²) in [7, 11) is -4.42. The Hall–Kier alpha value is -1.93. The number of benzene rings is 1. The Kier molecular flexibility index (Phi) is 3.07. The topological polar surface area (TPSA) is 120 Å². The van der Waals surface area contributed by atoms with E-state index in [1.807, 2.05) is 4.98 Å². The van der Waals surface area contributed by atoms with Crippen molar-refractivity contribution >= 4 is 21.0 Å². The summed E-state index contributed by atoms with van der Waals surface area (Å²) in [6.07, 6.45) is 0. The van der Waals surface area contributed by atoms with Gasteiger partial charge in [0.05, 0.1) is 15.8 Å². The molecular formula is C11H12N2O5S. The molecule has 1 aromatic carbocycles. The number of aromatic nitrogens is 2. The number of hydrogen-bond acceptors (Lipinski definition) is 4. The summed E-state index contributed by atoms with van der Waals surface area (Å²) in [5.74, 6) is -0.137. The molecule has 0 bridgehead atoms. The molecular weight excluding hydrogens is 272 g/mol. The normalized spacial score (nSPS) is 12.2. The largest absolute Gasteiger partial charge is 0.326 e.